The zero-order chi connectivity index (χ0) is 14.9. The summed E-state index contributed by atoms with van der Waals surface area (Å²) in [6.45, 7) is -0.122. The molecule has 2 fully saturated rings. The van der Waals surface area contributed by atoms with Crippen LogP contribution in [0.15, 0.2) is 0 Å². The van der Waals surface area contributed by atoms with E-state index in [-0.39, 0.29) is 13.2 Å². The van der Waals surface area contributed by atoms with Crippen LogP contribution < -0.4 is 0 Å². The Morgan fingerprint density at radius 2 is 1.95 bits per heavy atom. The molecule has 0 aliphatic carbocycles. The average molecular weight is 291 g/mol. The van der Waals surface area contributed by atoms with Gasteiger partial charge in [0.15, 0.2) is 6.10 Å². The van der Waals surface area contributed by atoms with E-state index in [1.165, 1.54) is 0 Å². The smallest absolute Gasteiger partial charge is 0.307 e. The second-order valence-corrected chi connectivity index (χ2v) is 4.67. The molecule has 0 aromatic heterocycles. The molecule has 2 saturated heterocycles. The Balaban J connectivity index is 2.07. The van der Waals surface area contributed by atoms with Gasteiger partial charge < -0.3 is 24.5 Å². The predicted molar refractivity (Wildman–Crippen MR) is 58.2 cm³/mol. The summed E-state index contributed by atoms with van der Waals surface area (Å²) in [5.74, 6) is -4.34. The van der Waals surface area contributed by atoms with Crippen molar-refractivity contribution in [2.75, 3.05) is 13.2 Å². The van der Waals surface area contributed by atoms with Crippen molar-refractivity contribution in [3.05, 3.63) is 10.1 Å². The third-order valence-electron chi connectivity index (χ3n) is 3.50. The zero-order valence-electron chi connectivity index (χ0n) is 10.2. The van der Waals surface area contributed by atoms with Crippen LogP contribution in [0.5, 0.6) is 0 Å². The van der Waals surface area contributed by atoms with Crippen LogP contribution >= 0.6 is 0 Å². The number of carbonyl (C=O) groups is 2. The van der Waals surface area contributed by atoms with Crippen LogP contribution in [0.25, 0.3) is 0 Å². The summed E-state index contributed by atoms with van der Waals surface area (Å²) in [5, 5.41) is 27.2. The topological polar surface area (TPSA) is 145 Å². The lowest BCUT2D eigenvalue weighted by Gasteiger charge is -2.21. The lowest BCUT2D eigenvalue weighted by molar-refractivity contribution is -0.769. The van der Waals surface area contributed by atoms with Crippen molar-refractivity contribution in [1.29, 1.82) is 0 Å². The van der Waals surface area contributed by atoms with E-state index < -0.39 is 53.6 Å². The number of hydrogen-bond acceptors (Lipinski definition) is 7. The van der Waals surface area contributed by atoms with Gasteiger partial charge in [-0.25, -0.2) is 0 Å². The van der Waals surface area contributed by atoms with Gasteiger partial charge in [0.25, 0.3) is 5.09 Å². The molecule has 112 valence electrons. The maximum Gasteiger partial charge on any atom is 0.307 e. The van der Waals surface area contributed by atoms with Crippen LogP contribution in [0, 0.1) is 22.0 Å². The molecule has 2 aliphatic rings. The molecule has 2 aliphatic heterocycles. The molecule has 2 N–H and O–H groups in total. The van der Waals surface area contributed by atoms with Gasteiger partial charge in [0, 0.05) is 5.92 Å². The van der Waals surface area contributed by atoms with Crippen molar-refractivity contribution in [1.82, 2.24) is 0 Å². The van der Waals surface area contributed by atoms with Crippen molar-refractivity contribution in [3.8, 4) is 0 Å². The van der Waals surface area contributed by atoms with Gasteiger partial charge in [0.2, 0.25) is 0 Å². The van der Waals surface area contributed by atoms with Crippen LogP contribution in [0.1, 0.15) is 6.42 Å². The third-order valence-corrected chi connectivity index (χ3v) is 3.50. The van der Waals surface area contributed by atoms with E-state index >= 15 is 0 Å². The van der Waals surface area contributed by atoms with Crippen molar-refractivity contribution in [2.45, 2.75) is 24.7 Å². The molecule has 10 nitrogen and oxygen atoms in total. The maximum absolute atomic E-state index is 11.2. The summed E-state index contributed by atoms with van der Waals surface area (Å²) >= 11 is 0. The molecular formula is C10H13NO9. The van der Waals surface area contributed by atoms with Crippen LogP contribution in [0.2, 0.25) is 0 Å². The molecule has 5 atom stereocenters. The lowest BCUT2D eigenvalue weighted by Crippen LogP contribution is -2.37. The first-order valence-corrected chi connectivity index (χ1v) is 5.89. The Morgan fingerprint density at radius 1 is 1.30 bits per heavy atom. The molecule has 0 saturated carbocycles. The fraction of sp³-hybridized carbons (Fsp3) is 0.800. The summed E-state index contributed by atoms with van der Waals surface area (Å²) in [6.07, 6.45) is -2.93. The molecule has 0 aromatic rings. The highest BCUT2D eigenvalue weighted by molar-refractivity contribution is 5.78. The number of ether oxygens (including phenoxy) is 2. The minimum atomic E-state index is -1.26. The molecular weight excluding hydrogens is 278 g/mol. The van der Waals surface area contributed by atoms with E-state index in [0.717, 1.165) is 0 Å². The summed E-state index contributed by atoms with van der Waals surface area (Å²) in [4.78, 5) is 36.6. The number of hydrogen-bond donors (Lipinski definition) is 2. The first-order chi connectivity index (χ1) is 9.40. The summed E-state index contributed by atoms with van der Waals surface area (Å²) in [7, 11) is 0. The van der Waals surface area contributed by atoms with Crippen LogP contribution in [-0.4, -0.2) is 58.8 Å². The molecule has 1 unspecified atom stereocenters. The summed E-state index contributed by atoms with van der Waals surface area (Å²) < 4.78 is 10.6. The van der Waals surface area contributed by atoms with E-state index in [1.807, 2.05) is 0 Å². The minimum Gasteiger partial charge on any atom is -0.481 e. The highest BCUT2D eigenvalue weighted by Crippen LogP contribution is 2.37. The van der Waals surface area contributed by atoms with Gasteiger partial charge >= 0.3 is 11.9 Å². The predicted octanol–water partition coefficient (Wildman–Crippen LogP) is -0.847. The molecule has 20 heavy (non-hydrogen) atoms. The van der Waals surface area contributed by atoms with Crippen molar-refractivity contribution < 1.29 is 39.2 Å². The largest absolute Gasteiger partial charge is 0.481 e. The van der Waals surface area contributed by atoms with Gasteiger partial charge in [-0.05, 0) is 0 Å². The van der Waals surface area contributed by atoms with Crippen LogP contribution in [-0.2, 0) is 23.9 Å². The van der Waals surface area contributed by atoms with E-state index in [2.05, 4.69) is 4.84 Å². The third kappa shape index (κ3) is 2.80. The van der Waals surface area contributed by atoms with Gasteiger partial charge in [0.05, 0.1) is 31.7 Å². The Labute approximate surface area is 112 Å². The number of rotatable bonds is 6. The Morgan fingerprint density at radius 3 is 2.50 bits per heavy atom. The van der Waals surface area contributed by atoms with Gasteiger partial charge in [-0.1, -0.05) is 0 Å². The average Bonchev–Trinajstić information content (AvgIpc) is 2.88. The maximum atomic E-state index is 11.2. The number of carboxylic acids is 2. The van der Waals surface area contributed by atoms with E-state index in [9.17, 15) is 19.7 Å². The molecule has 0 aromatic carbocycles. The monoisotopic (exact) mass is 291 g/mol. The number of nitrogens with zero attached hydrogens (tertiary/aromatic N) is 1. The fourth-order valence-corrected chi connectivity index (χ4v) is 2.65. The van der Waals surface area contributed by atoms with Crippen molar-refractivity contribution in [2.24, 2.45) is 11.8 Å². The zero-order valence-corrected chi connectivity index (χ0v) is 10.2. The molecule has 2 heterocycles. The highest BCUT2D eigenvalue weighted by atomic mass is 17.0. The van der Waals surface area contributed by atoms with Gasteiger partial charge in [-0.2, -0.15) is 0 Å². The SMILES string of the molecule is O=C(O)C[C@@H](C(=O)O)C1CO[C@H]2[C@@H]1OC[C@H]2O[N+](=O)[O-]. The quantitative estimate of drug-likeness (QED) is 0.472. The number of fused-ring (bicyclic) bond motifs is 1. The Kier molecular flexibility index (Phi) is 4.04. The fourth-order valence-electron chi connectivity index (χ4n) is 2.65. The Hall–Kier alpha value is -1.94. The normalized spacial score (nSPS) is 33.4. The second kappa shape index (κ2) is 5.59. The summed E-state index contributed by atoms with van der Waals surface area (Å²) in [5.41, 5.74) is 0. The van der Waals surface area contributed by atoms with E-state index in [1.54, 1.807) is 0 Å². The number of carboxylic acid groups (broad SMARTS) is 2. The molecule has 0 spiro atoms. The molecule has 0 amide bonds. The minimum absolute atomic E-state index is 0.0306. The van der Waals surface area contributed by atoms with Gasteiger partial charge in [-0.15, -0.1) is 10.1 Å². The first kappa shape index (κ1) is 14.5. The van der Waals surface area contributed by atoms with Crippen molar-refractivity contribution in [3.63, 3.8) is 0 Å². The van der Waals surface area contributed by atoms with E-state index in [0.29, 0.717) is 0 Å². The highest BCUT2D eigenvalue weighted by Gasteiger charge is 2.53. The van der Waals surface area contributed by atoms with Crippen molar-refractivity contribution >= 4 is 11.9 Å². The van der Waals surface area contributed by atoms with Gasteiger partial charge in [-0.3, -0.25) is 9.59 Å². The molecule has 0 bridgehead atoms. The second-order valence-electron chi connectivity index (χ2n) is 4.67. The Bertz CT molecular complexity index is 425. The standard InChI is InChI=1S/C10H13NO9/c12-7(13)1-4(10(14)15)5-2-18-9-6(20-11(16)17)3-19-8(5)9/h4-6,8-9H,1-3H2,(H,12,13)(H,14,15)/t4-,5?,6-,8-,9-/m1/s1. The summed E-state index contributed by atoms with van der Waals surface area (Å²) in [6, 6.07) is 0. The molecule has 10 heteroatoms. The molecule has 0 radical (unpaired) electrons. The lowest BCUT2D eigenvalue weighted by atomic mass is 9.85. The van der Waals surface area contributed by atoms with Gasteiger partial charge in [0.1, 0.15) is 6.10 Å². The van der Waals surface area contributed by atoms with E-state index in [4.69, 9.17) is 19.7 Å². The van der Waals surface area contributed by atoms with Crippen LogP contribution in [0.4, 0.5) is 0 Å². The van der Waals surface area contributed by atoms with Crippen LogP contribution in [0.3, 0.4) is 0 Å². The molecule has 2 rings (SSSR count). The first-order valence-electron chi connectivity index (χ1n) is 5.89. The number of aliphatic carboxylic acids is 2.